The highest BCUT2D eigenvalue weighted by atomic mass is 16.7. The first-order valence-corrected chi connectivity index (χ1v) is 12.3. The molecule has 2 aliphatic rings. The number of carbonyl (C=O) groups is 2. The van der Waals surface area contributed by atoms with Gasteiger partial charge in [-0.3, -0.25) is 9.59 Å². The fourth-order valence-corrected chi connectivity index (χ4v) is 5.19. The van der Waals surface area contributed by atoms with E-state index in [9.17, 15) is 19.5 Å². The lowest BCUT2D eigenvalue weighted by atomic mass is 9.96. The van der Waals surface area contributed by atoms with Gasteiger partial charge in [0.25, 0.3) is 5.56 Å². The molecule has 1 unspecified atom stereocenters. The van der Waals surface area contributed by atoms with E-state index in [-0.39, 0.29) is 49.1 Å². The molecule has 5 rings (SSSR count). The number of pyridine rings is 2. The maximum Gasteiger partial charge on any atom is 0.257 e. The Balaban J connectivity index is 1.68. The predicted octanol–water partition coefficient (Wildman–Crippen LogP) is 1.57. The highest BCUT2D eigenvalue weighted by molar-refractivity contribution is 5.91. The normalized spacial score (nSPS) is 13.9. The maximum absolute atomic E-state index is 13.5. The fourth-order valence-electron chi connectivity index (χ4n) is 5.19. The van der Waals surface area contributed by atoms with Crippen molar-refractivity contribution in [1.29, 1.82) is 0 Å². The number of methoxy groups -OCH3 is 2. The lowest BCUT2D eigenvalue weighted by molar-refractivity contribution is -0.134. The van der Waals surface area contributed by atoms with Crippen LogP contribution in [-0.2, 0) is 38.6 Å². The molecule has 1 aromatic carbocycles. The molecule has 200 valence electrons. The molecule has 2 aromatic heterocycles. The Kier molecular flexibility index (Phi) is 7.15. The second-order valence-electron chi connectivity index (χ2n) is 9.17. The van der Waals surface area contributed by atoms with Crippen LogP contribution in [0.3, 0.4) is 0 Å². The Morgan fingerprint density at radius 3 is 2.66 bits per heavy atom. The van der Waals surface area contributed by atoms with Crippen LogP contribution in [0.2, 0.25) is 0 Å². The Hall–Kier alpha value is -3.80. The van der Waals surface area contributed by atoms with E-state index in [2.05, 4.69) is 0 Å². The number of aldehydes is 1. The minimum atomic E-state index is -1.47. The molecule has 4 heterocycles. The van der Waals surface area contributed by atoms with Gasteiger partial charge >= 0.3 is 0 Å². The van der Waals surface area contributed by atoms with E-state index in [1.54, 1.807) is 21.6 Å². The Bertz CT molecular complexity index is 1480. The number of hydrogen-bond acceptors (Lipinski definition) is 9. The van der Waals surface area contributed by atoms with Gasteiger partial charge < -0.3 is 38.3 Å². The van der Waals surface area contributed by atoms with Gasteiger partial charge in [0.15, 0.2) is 17.8 Å². The van der Waals surface area contributed by atoms with Crippen LogP contribution >= 0.6 is 0 Å². The van der Waals surface area contributed by atoms with Crippen molar-refractivity contribution in [3.8, 4) is 22.9 Å². The third kappa shape index (κ3) is 4.32. The minimum absolute atomic E-state index is 0.00727. The number of likely N-dealkylation sites (N-methyl/N-ethyl adjacent to an activating group) is 1. The molecule has 0 aliphatic carbocycles. The van der Waals surface area contributed by atoms with E-state index in [0.29, 0.717) is 54.2 Å². The predicted molar refractivity (Wildman–Crippen MR) is 136 cm³/mol. The topological polar surface area (TPSA) is 129 Å². The fraction of sp³-hybridized carbons (Fsp3) is 0.407. The van der Waals surface area contributed by atoms with Crippen LogP contribution < -0.4 is 15.0 Å². The zero-order chi connectivity index (χ0) is 27.0. The van der Waals surface area contributed by atoms with Crippen LogP contribution in [-0.4, -0.2) is 72.5 Å². The van der Waals surface area contributed by atoms with Gasteiger partial charge in [0, 0.05) is 55.5 Å². The molecular formula is C27H29N3O8. The van der Waals surface area contributed by atoms with Gasteiger partial charge in [0.05, 0.1) is 30.1 Å². The van der Waals surface area contributed by atoms with Gasteiger partial charge in [-0.25, -0.2) is 4.98 Å². The summed E-state index contributed by atoms with van der Waals surface area (Å²) in [6.45, 7) is 3.18. The van der Waals surface area contributed by atoms with Crippen LogP contribution in [0.15, 0.2) is 23.0 Å². The van der Waals surface area contributed by atoms with Crippen molar-refractivity contribution < 1.29 is 33.6 Å². The monoisotopic (exact) mass is 523 g/mol. The molecule has 11 nitrogen and oxygen atoms in total. The number of hydrogen-bond donors (Lipinski definition) is 1. The number of aromatic nitrogens is 2. The van der Waals surface area contributed by atoms with Gasteiger partial charge in [-0.05, 0) is 31.0 Å². The summed E-state index contributed by atoms with van der Waals surface area (Å²) in [5.74, 6) is 1.07. The number of ether oxygens (including phenoxy) is 4. The van der Waals surface area contributed by atoms with E-state index in [1.165, 1.54) is 14.2 Å². The number of aliphatic hydroxyl groups is 1. The summed E-state index contributed by atoms with van der Waals surface area (Å²) in [6, 6.07) is 5.32. The molecule has 0 radical (unpaired) electrons. The second-order valence-corrected chi connectivity index (χ2v) is 9.17. The summed E-state index contributed by atoms with van der Waals surface area (Å²) in [6.07, 6.45) is -0.583. The van der Waals surface area contributed by atoms with E-state index >= 15 is 0 Å². The van der Waals surface area contributed by atoms with Crippen LogP contribution in [0, 0.1) is 0 Å². The van der Waals surface area contributed by atoms with Crippen LogP contribution in [0.1, 0.15) is 35.3 Å². The van der Waals surface area contributed by atoms with Crippen molar-refractivity contribution in [2.24, 2.45) is 0 Å². The zero-order valence-electron chi connectivity index (χ0n) is 21.5. The number of aliphatic hydroxyl groups excluding tert-OH is 1. The number of amides is 1. The molecule has 0 fully saturated rings. The first-order valence-electron chi connectivity index (χ1n) is 12.3. The van der Waals surface area contributed by atoms with Crippen molar-refractivity contribution >= 4 is 23.1 Å². The van der Waals surface area contributed by atoms with Gasteiger partial charge in [-0.1, -0.05) is 0 Å². The van der Waals surface area contributed by atoms with Crippen molar-refractivity contribution in [2.75, 3.05) is 40.7 Å². The largest absolute Gasteiger partial charge is 0.454 e. The molecule has 38 heavy (non-hydrogen) atoms. The molecule has 0 bridgehead atoms. The lowest BCUT2D eigenvalue weighted by Crippen LogP contribution is -2.35. The lowest BCUT2D eigenvalue weighted by Gasteiger charge is -2.22. The number of nitrogens with zero attached hydrogens (tertiary/aromatic N) is 3. The van der Waals surface area contributed by atoms with E-state index in [1.807, 2.05) is 13.0 Å². The number of benzene rings is 1. The molecular weight excluding hydrogens is 494 g/mol. The quantitative estimate of drug-likeness (QED) is 0.308. The van der Waals surface area contributed by atoms with Gasteiger partial charge in [0.1, 0.15) is 12.7 Å². The molecule has 0 saturated carbocycles. The maximum atomic E-state index is 13.5. The standard InChI is InChI=1S/C27H29N3O8/c1-4-29(25(33)13-36-3)6-5-15-16-8-23-24(38-14-37-23)9-20(16)28-26-18(15)10-30-21(26)7-17(22(32)11-31)19(12-35-2)27(30)34/h7-9,11,22,32H,4-6,10,12-14H2,1-3H3. The second kappa shape index (κ2) is 10.5. The summed E-state index contributed by atoms with van der Waals surface area (Å²) >= 11 is 0. The highest BCUT2D eigenvalue weighted by Gasteiger charge is 2.30. The summed E-state index contributed by atoms with van der Waals surface area (Å²) in [5, 5.41) is 11.2. The van der Waals surface area contributed by atoms with Crippen molar-refractivity contribution in [1.82, 2.24) is 14.5 Å². The number of carbonyl (C=O) groups excluding carboxylic acids is 2. The molecule has 3 aromatic rings. The van der Waals surface area contributed by atoms with Gasteiger partial charge in [-0.2, -0.15) is 0 Å². The zero-order valence-corrected chi connectivity index (χ0v) is 21.5. The average Bonchev–Trinajstić information content (AvgIpc) is 3.52. The van der Waals surface area contributed by atoms with E-state index in [4.69, 9.17) is 23.9 Å². The van der Waals surface area contributed by atoms with Crippen molar-refractivity contribution in [3.63, 3.8) is 0 Å². The molecule has 0 saturated heterocycles. The third-order valence-corrected chi connectivity index (χ3v) is 7.06. The molecule has 1 N–H and O–H groups in total. The number of rotatable bonds is 10. The van der Waals surface area contributed by atoms with Crippen LogP contribution in [0.25, 0.3) is 22.3 Å². The van der Waals surface area contributed by atoms with E-state index < -0.39 is 6.10 Å². The SMILES string of the molecule is CCN(CCc1c2c(nc3cc4c(cc13)OCO4)-c1cc(C(O)C=O)c(COC)c(=O)n1C2)C(=O)COC. The first-order chi connectivity index (χ1) is 18.4. The summed E-state index contributed by atoms with van der Waals surface area (Å²) in [5.41, 5.74) is 3.56. The van der Waals surface area contributed by atoms with Gasteiger partial charge in [-0.15, -0.1) is 0 Å². The Labute approximate surface area is 218 Å². The Morgan fingerprint density at radius 1 is 1.21 bits per heavy atom. The Morgan fingerprint density at radius 2 is 1.97 bits per heavy atom. The smallest absolute Gasteiger partial charge is 0.257 e. The van der Waals surface area contributed by atoms with Gasteiger partial charge in [0.2, 0.25) is 12.7 Å². The van der Waals surface area contributed by atoms with Crippen LogP contribution in [0.4, 0.5) is 0 Å². The summed E-state index contributed by atoms with van der Waals surface area (Å²) in [4.78, 5) is 44.1. The van der Waals surface area contributed by atoms with Crippen molar-refractivity contribution in [3.05, 3.63) is 50.8 Å². The van der Waals surface area contributed by atoms with E-state index in [0.717, 1.165) is 16.5 Å². The average molecular weight is 524 g/mol. The summed E-state index contributed by atoms with van der Waals surface area (Å²) in [7, 11) is 2.93. The molecule has 0 spiro atoms. The van der Waals surface area contributed by atoms with Crippen LogP contribution in [0.5, 0.6) is 11.5 Å². The molecule has 2 aliphatic heterocycles. The summed E-state index contributed by atoms with van der Waals surface area (Å²) < 4.78 is 23.0. The molecule has 11 heteroatoms. The molecule has 1 amide bonds. The van der Waals surface area contributed by atoms with Crippen molar-refractivity contribution in [2.45, 2.75) is 32.6 Å². The number of fused-ring (bicyclic) bond motifs is 5. The first kappa shape index (κ1) is 25.8. The minimum Gasteiger partial charge on any atom is -0.454 e. The third-order valence-electron chi connectivity index (χ3n) is 7.06. The molecule has 1 atom stereocenters. The highest BCUT2D eigenvalue weighted by Crippen LogP contribution is 2.42.